The van der Waals surface area contributed by atoms with Crippen molar-refractivity contribution < 1.29 is 0 Å². The van der Waals surface area contributed by atoms with Crippen molar-refractivity contribution in [1.82, 2.24) is 4.98 Å². The highest BCUT2D eigenvalue weighted by molar-refractivity contribution is 7.15. The van der Waals surface area contributed by atoms with Crippen LogP contribution in [-0.2, 0) is 12.8 Å². The fraction of sp³-hybridized carbons (Fsp3) is 0.400. The van der Waals surface area contributed by atoms with Gasteiger partial charge in [0.1, 0.15) is 0 Å². The van der Waals surface area contributed by atoms with Gasteiger partial charge >= 0.3 is 0 Å². The van der Waals surface area contributed by atoms with Gasteiger partial charge in [0, 0.05) is 10.8 Å². The lowest BCUT2D eigenvalue weighted by molar-refractivity contribution is 0.617. The van der Waals surface area contributed by atoms with E-state index in [9.17, 15) is 0 Å². The molecule has 0 fully saturated rings. The van der Waals surface area contributed by atoms with Gasteiger partial charge in [-0.3, -0.25) is 0 Å². The highest BCUT2D eigenvalue weighted by atomic mass is 32.1. The Bertz CT molecular complexity index is 559. The zero-order valence-electron chi connectivity index (χ0n) is 10.6. The molecule has 3 rings (SSSR count). The van der Waals surface area contributed by atoms with E-state index in [-0.39, 0.29) is 0 Å². The molecule has 1 aromatic carbocycles. The zero-order chi connectivity index (χ0) is 12.5. The lowest BCUT2D eigenvalue weighted by atomic mass is 9.85. The molecular weight excluding hydrogens is 240 g/mol. The molecule has 1 aliphatic carbocycles. The Kier molecular flexibility index (Phi) is 3.08. The molecule has 2 N–H and O–H groups in total. The first kappa shape index (κ1) is 11.7. The molecule has 0 saturated heterocycles. The monoisotopic (exact) mass is 258 g/mol. The Morgan fingerprint density at radius 3 is 3.17 bits per heavy atom. The summed E-state index contributed by atoms with van der Waals surface area (Å²) in [6.45, 7) is 2.20. The molecule has 0 amide bonds. The largest absolute Gasteiger partial charge is 0.375 e. The molecule has 0 aliphatic heterocycles. The van der Waals surface area contributed by atoms with Crippen LogP contribution in [0.25, 0.3) is 0 Å². The zero-order valence-corrected chi connectivity index (χ0v) is 11.5. The van der Waals surface area contributed by atoms with Crippen molar-refractivity contribution in [1.29, 1.82) is 0 Å². The Balaban J connectivity index is 2.02. The van der Waals surface area contributed by atoms with E-state index in [2.05, 4.69) is 36.2 Å². The maximum absolute atomic E-state index is 5.86. The van der Waals surface area contributed by atoms with E-state index in [1.54, 1.807) is 11.3 Å². The van der Waals surface area contributed by atoms with Crippen LogP contribution >= 0.6 is 11.3 Å². The molecule has 3 heteroatoms. The number of anilines is 1. The smallest absolute Gasteiger partial charge is 0.180 e. The van der Waals surface area contributed by atoms with Crippen molar-refractivity contribution in [3.8, 4) is 0 Å². The van der Waals surface area contributed by atoms with Crippen LogP contribution < -0.4 is 5.73 Å². The molecule has 18 heavy (non-hydrogen) atoms. The van der Waals surface area contributed by atoms with E-state index in [1.807, 2.05) is 0 Å². The average molecular weight is 258 g/mol. The molecule has 1 unspecified atom stereocenters. The number of aryl methyl sites for hydroxylation is 2. The molecule has 1 aliphatic rings. The third-order valence-corrected chi connectivity index (χ3v) is 4.77. The Labute approximate surface area is 112 Å². The molecule has 94 valence electrons. The molecule has 0 spiro atoms. The van der Waals surface area contributed by atoms with Crippen molar-refractivity contribution in [3.63, 3.8) is 0 Å². The summed E-state index contributed by atoms with van der Waals surface area (Å²) in [4.78, 5) is 5.86. The number of fused-ring (bicyclic) bond motifs is 1. The summed E-state index contributed by atoms with van der Waals surface area (Å²) in [5.74, 6) is 0.509. The van der Waals surface area contributed by atoms with E-state index in [4.69, 9.17) is 5.73 Å². The van der Waals surface area contributed by atoms with Crippen LogP contribution in [-0.4, -0.2) is 4.98 Å². The molecule has 0 radical (unpaired) electrons. The van der Waals surface area contributed by atoms with E-state index in [0.29, 0.717) is 5.92 Å². The molecule has 1 heterocycles. The van der Waals surface area contributed by atoms with Crippen molar-refractivity contribution in [2.24, 2.45) is 0 Å². The predicted octanol–water partition coefficient (Wildman–Crippen LogP) is 3.76. The molecular formula is C15H18N2S. The van der Waals surface area contributed by atoms with Gasteiger partial charge in [0.05, 0.1) is 5.69 Å². The second kappa shape index (κ2) is 4.73. The maximum Gasteiger partial charge on any atom is 0.180 e. The van der Waals surface area contributed by atoms with Crippen LogP contribution in [0, 0.1) is 0 Å². The summed E-state index contributed by atoms with van der Waals surface area (Å²) < 4.78 is 0. The summed E-state index contributed by atoms with van der Waals surface area (Å²) in [5, 5.41) is 0.721. The van der Waals surface area contributed by atoms with Gasteiger partial charge in [0.25, 0.3) is 0 Å². The molecule has 0 saturated carbocycles. The fourth-order valence-corrected chi connectivity index (χ4v) is 3.83. The highest BCUT2D eigenvalue weighted by Crippen LogP contribution is 2.40. The van der Waals surface area contributed by atoms with E-state index >= 15 is 0 Å². The summed E-state index contributed by atoms with van der Waals surface area (Å²) in [6.07, 6.45) is 4.63. The van der Waals surface area contributed by atoms with Gasteiger partial charge in [-0.2, -0.15) is 0 Å². The lowest BCUT2D eigenvalue weighted by Gasteiger charge is -2.22. The molecule has 2 nitrogen and oxygen atoms in total. The van der Waals surface area contributed by atoms with Gasteiger partial charge in [0.2, 0.25) is 0 Å². The number of aromatic nitrogens is 1. The van der Waals surface area contributed by atoms with Gasteiger partial charge < -0.3 is 5.73 Å². The summed E-state index contributed by atoms with van der Waals surface area (Å²) in [5.41, 5.74) is 9.94. The number of thiazole rings is 1. The molecule has 0 bridgehead atoms. The van der Waals surface area contributed by atoms with Crippen molar-refractivity contribution in [2.45, 2.75) is 38.5 Å². The van der Waals surface area contributed by atoms with Crippen molar-refractivity contribution in [3.05, 3.63) is 46.0 Å². The lowest BCUT2D eigenvalue weighted by Crippen LogP contribution is -2.09. The second-order valence-corrected chi connectivity index (χ2v) is 5.97. The van der Waals surface area contributed by atoms with E-state index in [1.165, 1.54) is 34.5 Å². The first-order valence-corrected chi connectivity index (χ1v) is 7.43. The number of nitrogens with two attached hydrogens (primary N) is 1. The van der Waals surface area contributed by atoms with Crippen molar-refractivity contribution in [2.75, 3.05) is 5.73 Å². The van der Waals surface area contributed by atoms with Crippen LogP contribution in [0.1, 0.15) is 47.4 Å². The normalized spacial score (nSPS) is 18.6. The number of hydrogen-bond donors (Lipinski definition) is 1. The SMILES string of the molecule is CCc1cccc(C2CCCc3nc(N)sc32)c1. The van der Waals surface area contributed by atoms with Gasteiger partial charge in [-0.15, -0.1) is 11.3 Å². The minimum Gasteiger partial charge on any atom is -0.375 e. The van der Waals surface area contributed by atoms with Crippen LogP contribution in [0.2, 0.25) is 0 Å². The molecule has 1 atom stereocenters. The second-order valence-electron chi connectivity index (χ2n) is 4.91. The van der Waals surface area contributed by atoms with Crippen LogP contribution in [0.4, 0.5) is 5.13 Å². The number of nitrogens with zero attached hydrogens (tertiary/aromatic N) is 1. The fourth-order valence-electron chi connectivity index (χ4n) is 2.79. The maximum atomic E-state index is 5.86. The Morgan fingerprint density at radius 1 is 1.44 bits per heavy atom. The topological polar surface area (TPSA) is 38.9 Å². The standard InChI is InChI=1S/C15H18N2S/c1-2-10-5-3-6-11(9-10)12-7-4-8-13-14(12)18-15(16)17-13/h3,5-6,9,12H,2,4,7-8H2,1H3,(H2,16,17). The van der Waals surface area contributed by atoms with Crippen molar-refractivity contribution >= 4 is 16.5 Å². The van der Waals surface area contributed by atoms with Gasteiger partial charge in [-0.25, -0.2) is 4.98 Å². The summed E-state index contributed by atoms with van der Waals surface area (Å²) in [6, 6.07) is 8.96. The van der Waals surface area contributed by atoms with Gasteiger partial charge in [-0.1, -0.05) is 31.2 Å². The predicted molar refractivity (Wildman–Crippen MR) is 77.1 cm³/mol. The van der Waals surface area contributed by atoms with Gasteiger partial charge in [0.15, 0.2) is 5.13 Å². The Hall–Kier alpha value is -1.35. The minimum absolute atomic E-state index is 0.509. The van der Waals surface area contributed by atoms with E-state index in [0.717, 1.165) is 18.0 Å². The summed E-state index contributed by atoms with van der Waals surface area (Å²) in [7, 11) is 0. The summed E-state index contributed by atoms with van der Waals surface area (Å²) >= 11 is 1.67. The van der Waals surface area contributed by atoms with Crippen LogP contribution in [0.5, 0.6) is 0 Å². The van der Waals surface area contributed by atoms with Gasteiger partial charge in [-0.05, 0) is 36.8 Å². The number of hydrogen-bond acceptors (Lipinski definition) is 3. The molecule has 2 aromatic rings. The highest BCUT2D eigenvalue weighted by Gasteiger charge is 2.25. The number of benzene rings is 1. The number of nitrogen functional groups attached to an aromatic ring is 1. The first-order chi connectivity index (χ1) is 8.78. The Morgan fingerprint density at radius 2 is 2.33 bits per heavy atom. The van der Waals surface area contributed by atoms with E-state index < -0.39 is 0 Å². The van der Waals surface area contributed by atoms with Crippen LogP contribution in [0.15, 0.2) is 24.3 Å². The van der Waals surface area contributed by atoms with Crippen LogP contribution in [0.3, 0.4) is 0 Å². The third kappa shape index (κ3) is 2.03. The third-order valence-electron chi connectivity index (χ3n) is 3.73. The average Bonchev–Trinajstić information content (AvgIpc) is 2.78. The quantitative estimate of drug-likeness (QED) is 0.891. The molecule has 1 aromatic heterocycles. The first-order valence-electron chi connectivity index (χ1n) is 6.62. The minimum atomic E-state index is 0.509. The number of rotatable bonds is 2.